The molecule has 32 heavy (non-hydrogen) atoms. The van der Waals surface area contributed by atoms with Crippen molar-refractivity contribution in [3.05, 3.63) is 59.9 Å². The number of aromatic nitrogens is 4. The monoisotopic (exact) mass is 446 g/mol. The van der Waals surface area contributed by atoms with Crippen molar-refractivity contribution in [3.63, 3.8) is 0 Å². The van der Waals surface area contributed by atoms with Crippen molar-refractivity contribution in [3.8, 4) is 21.8 Å². The predicted molar refractivity (Wildman–Crippen MR) is 127 cm³/mol. The normalized spacial score (nSPS) is 20.5. The van der Waals surface area contributed by atoms with Gasteiger partial charge in [-0.1, -0.05) is 6.07 Å². The van der Waals surface area contributed by atoms with Crippen molar-refractivity contribution in [1.29, 1.82) is 0 Å². The summed E-state index contributed by atoms with van der Waals surface area (Å²) in [6.07, 6.45) is 10.2. The van der Waals surface area contributed by atoms with Gasteiger partial charge in [0.2, 0.25) is 0 Å². The molecule has 1 N–H and O–H groups in total. The molecule has 2 fully saturated rings. The average molecular weight is 447 g/mol. The van der Waals surface area contributed by atoms with Gasteiger partial charge in [0.1, 0.15) is 6.29 Å². The minimum absolute atomic E-state index is 0.582. The number of fused-ring (bicyclic) bond motifs is 3. The first-order valence-electron chi connectivity index (χ1n) is 11.0. The Morgan fingerprint density at radius 3 is 2.91 bits per heavy atom. The summed E-state index contributed by atoms with van der Waals surface area (Å²) in [7, 11) is 2.27. The molecule has 8 heteroatoms. The number of thiophene rings is 1. The van der Waals surface area contributed by atoms with Gasteiger partial charge in [0.25, 0.3) is 0 Å². The predicted octanol–water partition coefficient (Wildman–Crippen LogP) is 3.77. The topological polar surface area (TPSA) is 75.4 Å². The van der Waals surface area contributed by atoms with Crippen LogP contribution >= 0.6 is 11.3 Å². The zero-order chi connectivity index (χ0) is 21.9. The summed E-state index contributed by atoms with van der Waals surface area (Å²) >= 11 is 1.64. The van der Waals surface area contributed by atoms with Gasteiger partial charge in [-0.05, 0) is 62.5 Å². The van der Waals surface area contributed by atoms with E-state index in [1.165, 1.54) is 32.4 Å². The first-order chi connectivity index (χ1) is 15.7. The summed E-state index contributed by atoms with van der Waals surface area (Å²) in [6, 6.07) is 11.1. The van der Waals surface area contributed by atoms with Gasteiger partial charge in [0, 0.05) is 36.6 Å². The number of hydrogen-bond donors (Lipinski definition) is 1. The largest absolute Gasteiger partial charge is 0.315 e. The molecule has 0 amide bonds. The third-order valence-corrected chi connectivity index (χ3v) is 7.25. The van der Waals surface area contributed by atoms with Crippen molar-refractivity contribution in [2.24, 2.45) is 0 Å². The molecule has 2 bridgehead atoms. The number of carbonyl (C=O) groups is 1. The molecule has 6 heterocycles. The molecule has 6 rings (SSSR count). The van der Waals surface area contributed by atoms with Gasteiger partial charge in [-0.15, -0.1) is 11.3 Å². The lowest BCUT2D eigenvalue weighted by atomic mass is 10.1. The van der Waals surface area contributed by atoms with E-state index in [1.807, 2.05) is 29.8 Å². The van der Waals surface area contributed by atoms with E-state index >= 15 is 0 Å². The number of nitrogens with one attached hydrogen (secondary N) is 1. The van der Waals surface area contributed by atoms with Crippen molar-refractivity contribution >= 4 is 23.3 Å². The van der Waals surface area contributed by atoms with E-state index in [0.29, 0.717) is 11.3 Å². The number of carbonyl (C=O) groups excluding carboxylic acids is 1. The molecule has 0 aromatic carbocycles. The maximum Gasteiger partial charge on any atom is 0.165 e. The molecule has 0 radical (unpaired) electrons. The van der Waals surface area contributed by atoms with Gasteiger partial charge < -0.3 is 5.32 Å². The fourth-order valence-corrected chi connectivity index (χ4v) is 5.20. The number of nitrogens with zero attached hydrogens (tertiary/aromatic N) is 5. The molecule has 4 aromatic rings. The van der Waals surface area contributed by atoms with Gasteiger partial charge >= 0.3 is 0 Å². The lowest BCUT2D eigenvalue weighted by Gasteiger charge is -2.21. The quantitative estimate of drug-likeness (QED) is 0.483. The summed E-state index contributed by atoms with van der Waals surface area (Å²) in [6.45, 7) is 2.44. The molecule has 2 saturated heterocycles. The van der Waals surface area contributed by atoms with E-state index in [-0.39, 0.29) is 0 Å². The van der Waals surface area contributed by atoms with Crippen LogP contribution in [0.2, 0.25) is 0 Å². The Morgan fingerprint density at radius 1 is 1.16 bits per heavy atom. The maximum absolute atomic E-state index is 10.9. The Balaban J connectivity index is 0.000000180. The van der Waals surface area contributed by atoms with E-state index in [9.17, 15) is 4.79 Å². The molecule has 0 aliphatic carbocycles. The van der Waals surface area contributed by atoms with E-state index in [1.54, 1.807) is 40.4 Å². The van der Waals surface area contributed by atoms with Crippen LogP contribution in [0.4, 0.5) is 0 Å². The zero-order valence-corrected chi connectivity index (χ0v) is 18.8. The van der Waals surface area contributed by atoms with Gasteiger partial charge in [-0.25, -0.2) is 9.50 Å². The molecular weight excluding hydrogens is 420 g/mol. The number of aldehydes is 1. The Morgan fingerprint density at radius 2 is 2.06 bits per heavy atom. The van der Waals surface area contributed by atoms with Crippen LogP contribution in [0.25, 0.3) is 27.5 Å². The first-order valence-corrected chi connectivity index (χ1v) is 11.8. The molecule has 0 spiro atoms. The van der Waals surface area contributed by atoms with Crippen LogP contribution in [-0.4, -0.2) is 63.0 Å². The molecule has 4 aromatic heterocycles. The van der Waals surface area contributed by atoms with Crippen LogP contribution in [-0.2, 0) is 0 Å². The summed E-state index contributed by atoms with van der Waals surface area (Å²) in [5.74, 6) is 0. The molecular formula is C24H26N6OS. The van der Waals surface area contributed by atoms with Crippen LogP contribution in [0.5, 0.6) is 0 Å². The molecule has 7 nitrogen and oxygen atoms in total. The van der Waals surface area contributed by atoms with Gasteiger partial charge in [-0.2, -0.15) is 5.10 Å². The Labute approximate surface area is 191 Å². The third kappa shape index (κ3) is 4.21. The standard InChI is InChI=1S/C16H10N4OS.C8H16N2/c21-10-11-3-5-17-14(8-11)12-9-18-20-6-4-13(19-16(12)20)15-2-1-7-22-15;1-10-7-2-3-8(10)6-9-5-4-7/h1-10H;7-9H,2-6H2,1H3. The smallest absolute Gasteiger partial charge is 0.165 e. The number of rotatable bonds is 3. The molecule has 2 unspecified atom stereocenters. The minimum atomic E-state index is 0.582. The molecule has 0 saturated carbocycles. The van der Waals surface area contributed by atoms with Crippen molar-refractivity contribution in [2.45, 2.75) is 31.3 Å². The van der Waals surface area contributed by atoms with Crippen molar-refractivity contribution < 1.29 is 4.79 Å². The third-order valence-electron chi connectivity index (χ3n) is 6.36. The summed E-state index contributed by atoms with van der Waals surface area (Å²) in [5.41, 5.74) is 3.70. The van der Waals surface area contributed by atoms with E-state index in [2.05, 4.69) is 27.3 Å². The zero-order valence-electron chi connectivity index (χ0n) is 18.0. The fourth-order valence-electron chi connectivity index (χ4n) is 4.50. The molecule has 2 aliphatic rings. The average Bonchev–Trinajstić information content (AvgIpc) is 3.53. The van der Waals surface area contributed by atoms with Crippen LogP contribution < -0.4 is 5.32 Å². The SMILES string of the molecule is CN1C2CCNCC1CC2.O=Cc1ccnc(-c2cnn3ccc(-c4cccs4)nc23)c1. The molecule has 2 atom stereocenters. The summed E-state index contributed by atoms with van der Waals surface area (Å²) in [4.78, 5) is 23.6. The van der Waals surface area contributed by atoms with E-state index < -0.39 is 0 Å². The van der Waals surface area contributed by atoms with Crippen LogP contribution in [0, 0.1) is 0 Å². The Kier molecular flexibility index (Phi) is 6.07. The highest BCUT2D eigenvalue weighted by Gasteiger charge is 2.31. The molecule has 164 valence electrons. The fraction of sp³-hybridized carbons (Fsp3) is 0.333. The second-order valence-corrected chi connectivity index (χ2v) is 9.20. The van der Waals surface area contributed by atoms with Gasteiger partial charge in [0.15, 0.2) is 5.65 Å². The number of pyridine rings is 1. The second-order valence-electron chi connectivity index (χ2n) is 8.25. The van der Waals surface area contributed by atoms with Crippen molar-refractivity contribution in [1.82, 2.24) is 29.8 Å². The summed E-state index contributed by atoms with van der Waals surface area (Å²) in [5, 5.41) is 9.79. The maximum atomic E-state index is 10.9. The lowest BCUT2D eigenvalue weighted by molar-refractivity contribution is 0.112. The van der Waals surface area contributed by atoms with E-state index in [0.717, 1.165) is 40.2 Å². The highest BCUT2D eigenvalue weighted by atomic mass is 32.1. The van der Waals surface area contributed by atoms with Gasteiger partial charge in [-0.3, -0.25) is 14.7 Å². The van der Waals surface area contributed by atoms with Crippen molar-refractivity contribution in [2.75, 3.05) is 20.1 Å². The second kappa shape index (κ2) is 9.28. The highest BCUT2D eigenvalue weighted by Crippen LogP contribution is 2.27. The minimum Gasteiger partial charge on any atom is -0.315 e. The van der Waals surface area contributed by atoms with Crippen LogP contribution in [0.1, 0.15) is 29.6 Å². The van der Waals surface area contributed by atoms with Gasteiger partial charge in [0.05, 0.1) is 28.0 Å². The summed E-state index contributed by atoms with van der Waals surface area (Å²) < 4.78 is 1.71. The first kappa shape index (κ1) is 20.9. The highest BCUT2D eigenvalue weighted by molar-refractivity contribution is 7.13. The molecule has 2 aliphatic heterocycles. The number of hydrogen-bond acceptors (Lipinski definition) is 7. The number of likely N-dealkylation sites (N-methyl/N-ethyl adjacent to an activating group) is 1. The lowest BCUT2D eigenvalue weighted by Crippen LogP contribution is -2.34. The van der Waals surface area contributed by atoms with Crippen LogP contribution in [0.15, 0.2) is 54.3 Å². The van der Waals surface area contributed by atoms with E-state index in [4.69, 9.17) is 4.98 Å². The van der Waals surface area contributed by atoms with Crippen LogP contribution in [0.3, 0.4) is 0 Å². The Bertz CT molecular complexity index is 1190. The Hall–Kier alpha value is -2.94.